The summed E-state index contributed by atoms with van der Waals surface area (Å²) in [5, 5.41) is 0. The minimum Gasteiger partial charge on any atom is -0.491 e. The molecule has 1 rings (SSSR count). The number of ether oxygens (including phenoxy) is 1. The van der Waals surface area contributed by atoms with Crippen LogP contribution in [0.5, 0.6) is 5.75 Å². The minimum absolute atomic E-state index is 0.0561. The topological polar surface area (TPSA) is 72.8 Å². The zero-order valence-electron chi connectivity index (χ0n) is 14.4. The van der Waals surface area contributed by atoms with Gasteiger partial charge in [0.15, 0.2) is 0 Å². The Morgan fingerprint density at radius 1 is 0.957 bits per heavy atom. The van der Waals surface area contributed by atoms with Gasteiger partial charge in [-0.2, -0.15) is 8.42 Å². The first-order valence-corrected chi connectivity index (χ1v) is 9.38. The normalized spacial score (nSPS) is 12.3. The first kappa shape index (κ1) is 19.9. The zero-order valence-corrected chi connectivity index (χ0v) is 15.2. The molecule has 0 saturated carbocycles. The van der Waals surface area contributed by atoms with Crippen LogP contribution in [0, 0.1) is 11.8 Å². The highest BCUT2D eigenvalue weighted by molar-refractivity contribution is 7.80. The van der Waals surface area contributed by atoms with E-state index in [2.05, 4.69) is 44.0 Å². The van der Waals surface area contributed by atoms with E-state index in [1.807, 2.05) is 12.1 Å². The van der Waals surface area contributed by atoms with Crippen molar-refractivity contribution in [3.63, 3.8) is 0 Å². The lowest BCUT2D eigenvalue weighted by Gasteiger charge is -2.21. The average Bonchev–Trinajstić information content (AvgIpc) is 2.41. The molecule has 0 aliphatic carbocycles. The lowest BCUT2D eigenvalue weighted by molar-refractivity contribution is 0.201. The molecule has 5 nitrogen and oxygen atoms in total. The van der Waals surface area contributed by atoms with Crippen molar-refractivity contribution in [2.45, 2.75) is 46.5 Å². The van der Waals surface area contributed by atoms with Gasteiger partial charge in [-0.25, -0.2) is 4.18 Å². The Morgan fingerprint density at radius 2 is 1.48 bits per heavy atom. The Kier molecular flexibility index (Phi) is 8.02. The lowest BCUT2D eigenvalue weighted by Crippen LogP contribution is -2.11. The van der Waals surface area contributed by atoms with Gasteiger partial charge in [0.2, 0.25) is 0 Å². The van der Waals surface area contributed by atoms with Gasteiger partial charge in [0.25, 0.3) is 0 Å². The van der Waals surface area contributed by atoms with Crippen molar-refractivity contribution in [2.75, 3.05) is 13.2 Å². The van der Waals surface area contributed by atoms with Gasteiger partial charge in [0.05, 0.1) is 0 Å². The molecule has 0 atom stereocenters. The fourth-order valence-corrected chi connectivity index (χ4v) is 2.92. The molecule has 0 saturated heterocycles. The van der Waals surface area contributed by atoms with Gasteiger partial charge in [0.1, 0.15) is 19.0 Å². The van der Waals surface area contributed by atoms with Crippen LogP contribution in [-0.2, 0) is 14.6 Å². The Bertz CT molecular complexity index is 539. The molecule has 132 valence electrons. The second kappa shape index (κ2) is 9.25. The maximum atomic E-state index is 10.4. The zero-order chi connectivity index (χ0) is 17.5. The third-order valence-electron chi connectivity index (χ3n) is 3.45. The van der Waals surface area contributed by atoms with Crippen molar-refractivity contribution in [3.05, 3.63) is 29.8 Å². The van der Waals surface area contributed by atoms with E-state index in [1.165, 1.54) is 5.56 Å². The monoisotopic (exact) mass is 344 g/mol. The molecular weight excluding hydrogens is 316 g/mol. The second-order valence-corrected chi connectivity index (χ2v) is 7.71. The Balaban J connectivity index is 2.59. The van der Waals surface area contributed by atoms with Crippen molar-refractivity contribution in [1.82, 2.24) is 0 Å². The molecule has 0 aliphatic rings. The van der Waals surface area contributed by atoms with E-state index < -0.39 is 10.4 Å². The molecule has 6 heteroatoms. The molecule has 0 radical (unpaired) electrons. The third kappa shape index (κ3) is 8.93. The number of rotatable bonds is 10. The molecule has 0 aromatic heterocycles. The molecule has 1 N–H and O–H groups in total. The first-order valence-electron chi connectivity index (χ1n) is 8.02. The molecule has 0 fully saturated rings. The van der Waals surface area contributed by atoms with Crippen LogP contribution >= 0.6 is 0 Å². The highest BCUT2D eigenvalue weighted by Gasteiger charge is 2.15. The SMILES string of the molecule is CC(C)CC(CC(C)C)c1ccc(OCCOS(=O)(=O)O)cc1. The maximum absolute atomic E-state index is 10.4. The van der Waals surface area contributed by atoms with Gasteiger partial charge in [0, 0.05) is 0 Å². The first-order chi connectivity index (χ1) is 10.7. The molecule has 23 heavy (non-hydrogen) atoms. The maximum Gasteiger partial charge on any atom is 0.397 e. The van der Waals surface area contributed by atoms with E-state index in [-0.39, 0.29) is 13.2 Å². The smallest absolute Gasteiger partial charge is 0.397 e. The van der Waals surface area contributed by atoms with E-state index in [9.17, 15) is 8.42 Å². The highest BCUT2D eigenvalue weighted by Crippen LogP contribution is 2.31. The van der Waals surface area contributed by atoms with Crippen LogP contribution in [0.3, 0.4) is 0 Å². The molecule has 0 amide bonds. The predicted molar refractivity (Wildman–Crippen MR) is 91.1 cm³/mol. The number of hydrogen-bond acceptors (Lipinski definition) is 4. The van der Waals surface area contributed by atoms with Crippen molar-refractivity contribution >= 4 is 10.4 Å². The number of benzene rings is 1. The van der Waals surface area contributed by atoms with Gasteiger partial charge < -0.3 is 4.74 Å². The molecule has 0 aliphatic heterocycles. The number of hydrogen-bond donors (Lipinski definition) is 1. The van der Waals surface area contributed by atoms with Gasteiger partial charge in [-0.05, 0) is 48.3 Å². The Labute approximate surface area is 140 Å². The van der Waals surface area contributed by atoms with Crippen LogP contribution in [0.15, 0.2) is 24.3 Å². The van der Waals surface area contributed by atoms with Crippen molar-refractivity contribution in [2.24, 2.45) is 11.8 Å². The summed E-state index contributed by atoms with van der Waals surface area (Å²) in [5.74, 6) is 2.48. The van der Waals surface area contributed by atoms with Gasteiger partial charge in [-0.3, -0.25) is 4.55 Å². The van der Waals surface area contributed by atoms with Gasteiger partial charge in [-0.15, -0.1) is 0 Å². The summed E-state index contributed by atoms with van der Waals surface area (Å²) < 4.78 is 38.9. The summed E-state index contributed by atoms with van der Waals surface area (Å²) in [4.78, 5) is 0. The van der Waals surface area contributed by atoms with Crippen LogP contribution in [0.4, 0.5) is 0 Å². The van der Waals surface area contributed by atoms with Crippen molar-refractivity contribution in [3.8, 4) is 5.75 Å². The van der Waals surface area contributed by atoms with Crippen LogP contribution in [0.2, 0.25) is 0 Å². The van der Waals surface area contributed by atoms with E-state index >= 15 is 0 Å². The average molecular weight is 344 g/mol. The van der Waals surface area contributed by atoms with Gasteiger partial charge >= 0.3 is 10.4 Å². The highest BCUT2D eigenvalue weighted by atomic mass is 32.3. The summed E-state index contributed by atoms with van der Waals surface area (Å²) in [6.45, 7) is 8.78. The van der Waals surface area contributed by atoms with Crippen LogP contribution in [0.1, 0.15) is 52.0 Å². The van der Waals surface area contributed by atoms with E-state index in [0.717, 1.165) is 12.8 Å². The summed E-state index contributed by atoms with van der Waals surface area (Å²) in [6, 6.07) is 7.90. The summed E-state index contributed by atoms with van der Waals surface area (Å²) in [6.07, 6.45) is 2.31. The molecule has 1 aromatic carbocycles. The Morgan fingerprint density at radius 3 is 1.91 bits per heavy atom. The van der Waals surface area contributed by atoms with E-state index in [0.29, 0.717) is 23.5 Å². The van der Waals surface area contributed by atoms with E-state index in [1.54, 1.807) is 0 Å². The molecule has 1 aromatic rings. The summed E-state index contributed by atoms with van der Waals surface area (Å²) >= 11 is 0. The van der Waals surface area contributed by atoms with Crippen molar-refractivity contribution < 1.29 is 21.9 Å². The standard InChI is InChI=1S/C17H28O5S/c1-13(2)11-16(12-14(3)4)15-5-7-17(8-6-15)21-9-10-22-23(18,19)20/h5-8,13-14,16H,9-12H2,1-4H3,(H,18,19,20). The quantitative estimate of drug-likeness (QED) is 0.512. The fraction of sp³-hybridized carbons (Fsp3) is 0.647. The van der Waals surface area contributed by atoms with Crippen LogP contribution in [0.25, 0.3) is 0 Å². The van der Waals surface area contributed by atoms with Crippen molar-refractivity contribution in [1.29, 1.82) is 0 Å². The predicted octanol–water partition coefficient (Wildman–Crippen LogP) is 4.06. The molecule has 0 heterocycles. The molecule has 0 unspecified atom stereocenters. The molecular formula is C17H28O5S. The van der Waals surface area contributed by atoms with Crippen LogP contribution in [-0.4, -0.2) is 26.2 Å². The molecule has 0 spiro atoms. The largest absolute Gasteiger partial charge is 0.491 e. The molecule has 0 bridgehead atoms. The minimum atomic E-state index is -4.40. The second-order valence-electron chi connectivity index (χ2n) is 6.62. The lowest BCUT2D eigenvalue weighted by atomic mass is 9.84. The summed E-state index contributed by atoms with van der Waals surface area (Å²) in [5.41, 5.74) is 1.30. The fourth-order valence-electron chi connectivity index (χ4n) is 2.64. The third-order valence-corrected chi connectivity index (χ3v) is 3.91. The van der Waals surface area contributed by atoms with Crippen LogP contribution < -0.4 is 4.74 Å². The van der Waals surface area contributed by atoms with E-state index in [4.69, 9.17) is 9.29 Å². The Hall–Kier alpha value is -1.11. The summed E-state index contributed by atoms with van der Waals surface area (Å²) in [7, 11) is -4.40. The van der Waals surface area contributed by atoms with Gasteiger partial charge in [-0.1, -0.05) is 39.8 Å².